The van der Waals surface area contributed by atoms with E-state index in [9.17, 15) is 18.7 Å². The average molecular weight is 507 g/mol. The second-order valence-corrected chi connectivity index (χ2v) is 9.26. The lowest BCUT2D eigenvalue weighted by atomic mass is 10.0. The summed E-state index contributed by atoms with van der Waals surface area (Å²) in [6.07, 6.45) is -0.692. The number of benzene rings is 3. The maximum Gasteiger partial charge on any atom is 0.200 e. The molecule has 6 nitrogen and oxygen atoms in total. The zero-order valence-electron chi connectivity index (χ0n) is 20.5. The minimum Gasteiger partial charge on any atom is -0.491 e. The van der Waals surface area contributed by atoms with Crippen molar-refractivity contribution in [3.8, 4) is 16.9 Å². The first-order valence-electron chi connectivity index (χ1n) is 12.2. The van der Waals surface area contributed by atoms with Crippen molar-refractivity contribution in [1.29, 1.82) is 0 Å². The topological polar surface area (TPSA) is 66.2 Å². The molecule has 4 aromatic rings. The Balaban J connectivity index is 1.18. The van der Waals surface area contributed by atoms with E-state index in [1.165, 1.54) is 24.3 Å². The highest BCUT2D eigenvalue weighted by Gasteiger charge is 2.20. The van der Waals surface area contributed by atoms with Crippen LogP contribution >= 0.6 is 0 Å². The van der Waals surface area contributed by atoms with E-state index in [1.54, 1.807) is 49.4 Å². The van der Waals surface area contributed by atoms with Crippen molar-refractivity contribution < 1.29 is 23.0 Å². The largest absolute Gasteiger partial charge is 0.491 e. The maximum atomic E-state index is 13.3. The van der Waals surface area contributed by atoms with Crippen LogP contribution in [0.1, 0.15) is 5.76 Å². The van der Waals surface area contributed by atoms with Crippen LogP contribution in [0.4, 0.5) is 14.5 Å². The molecule has 0 aliphatic carbocycles. The fourth-order valence-corrected chi connectivity index (χ4v) is 4.71. The minimum absolute atomic E-state index is 0.0978. The fraction of sp³-hybridized carbons (Fsp3) is 0.276. The second kappa shape index (κ2) is 10.7. The summed E-state index contributed by atoms with van der Waals surface area (Å²) < 4.78 is 38.2. The first-order chi connectivity index (χ1) is 17.9. The number of aliphatic hydroxyl groups is 1. The van der Waals surface area contributed by atoms with E-state index in [1.807, 2.05) is 0 Å². The predicted molar refractivity (Wildman–Crippen MR) is 139 cm³/mol. The molecule has 1 aliphatic heterocycles. The van der Waals surface area contributed by atoms with Crippen LogP contribution in [-0.2, 0) is 0 Å². The van der Waals surface area contributed by atoms with E-state index < -0.39 is 6.10 Å². The molecule has 192 valence electrons. The van der Waals surface area contributed by atoms with E-state index in [2.05, 4.69) is 9.80 Å². The third kappa shape index (κ3) is 5.65. The van der Waals surface area contributed by atoms with Gasteiger partial charge in [0.2, 0.25) is 5.43 Å². The smallest absolute Gasteiger partial charge is 0.200 e. The van der Waals surface area contributed by atoms with Crippen LogP contribution in [0.5, 0.6) is 5.75 Å². The Kier molecular flexibility index (Phi) is 7.21. The van der Waals surface area contributed by atoms with Crippen molar-refractivity contribution >= 4 is 16.7 Å². The van der Waals surface area contributed by atoms with Crippen LogP contribution < -0.4 is 15.1 Å². The summed E-state index contributed by atoms with van der Waals surface area (Å²) in [6.45, 7) is 5.42. The number of aliphatic hydroxyl groups excluding tert-OH is 1. The molecule has 1 aromatic heterocycles. The van der Waals surface area contributed by atoms with Crippen LogP contribution in [0.15, 0.2) is 75.9 Å². The number of nitrogens with zero attached hydrogens (tertiary/aromatic N) is 2. The van der Waals surface area contributed by atoms with Gasteiger partial charge in [0, 0.05) is 44.5 Å². The fourth-order valence-electron chi connectivity index (χ4n) is 4.71. The van der Waals surface area contributed by atoms with Gasteiger partial charge in [-0.2, -0.15) is 0 Å². The molecule has 3 aromatic carbocycles. The van der Waals surface area contributed by atoms with Gasteiger partial charge in [0.1, 0.15) is 41.4 Å². The number of hydrogen-bond donors (Lipinski definition) is 1. The van der Waals surface area contributed by atoms with Crippen molar-refractivity contribution in [2.24, 2.45) is 0 Å². The van der Waals surface area contributed by atoms with E-state index in [-0.39, 0.29) is 23.7 Å². The standard InChI is InChI=1S/C29H28F2N2O4/c1-19-28(20-2-4-21(30)5-3-20)29(35)26-11-10-25(16-27(26)37-19)36-18-24(34)17-32-12-14-33(15-13-32)23-8-6-22(31)7-9-23/h2-11,16,24,34H,12-15,17-18H2,1H3. The SMILES string of the molecule is Cc1oc2cc(OCC(O)CN3CCN(c4ccc(F)cc4)CC3)ccc2c(=O)c1-c1ccc(F)cc1. The molecular weight excluding hydrogens is 478 g/mol. The summed E-state index contributed by atoms with van der Waals surface area (Å²) in [5.74, 6) is 0.303. The van der Waals surface area contributed by atoms with Crippen molar-refractivity contribution in [3.05, 3.63) is 94.3 Å². The molecule has 8 heteroatoms. The van der Waals surface area contributed by atoms with E-state index in [0.29, 0.717) is 40.2 Å². The van der Waals surface area contributed by atoms with Gasteiger partial charge in [0.15, 0.2) is 0 Å². The normalized spacial score (nSPS) is 15.2. The zero-order chi connectivity index (χ0) is 25.9. The highest BCUT2D eigenvalue weighted by atomic mass is 19.1. The third-order valence-electron chi connectivity index (χ3n) is 6.65. The Bertz CT molecular complexity index is 1430. The van der Waals surface area contributed by atoms with Gasteiger partial charge in [-0.1, -0.05) is 12.1 Å². The Labute approximate surface area is 213 Å². The van der Waals surface area contributed by atoms with E-state index >= 15 is 0 Å². The summed E-state index contributed by atoms with van der Waals surface area (Å²) >= 11 is 0. The average Bonchev–Trinajstić information content (AvgIpc) is 2.89. The molecule has 0 radical (unpaired) electrons. The molecule has 5 rings (SSSR count). The number of halogens is 2. The molecule has 1 saturated heterocycles. The highest BCUT2D eigenvalue weighted by molar-refractivity contribution is 5.83. The molecular formula is C29H28F2N2O4. The van der Waals surface area contributed by atoms with Gasteiger partial charge in [-0.3, -0.25) is 9.69 Å². The maximum absolute atomic E-state index is 13.3. The van der Waals surface area contributed by atoms with Crippen molar-refractivity contribution in [1.82, 2.24) is 4.90 Å². The van der Waals surface area contributed by atoms with Crippen LogP contribution in [0.25, 0.3) is 22.1 Å². The monoisotopic (exact) mass is 506 g/mol. The van der Waals surface area contributed by atoms with Gasteiger partial charge in [-0.15, -0.1) is 0 Å². The molecule has 1 N–H and O–H groups in total. The summed E-state index contributed by atoms with van der Waals surface area (Å²) in [5, 5.41) is 10.9. The first kappa shape index (κ1) is 24.9. The molecule has 0 amide bonds. The van der Waals surface area contributed by atoms with Gasteiger partial charge < -0.3 is 19.2 Å². The van der Waals surface area contributed by atoms with Gasteiger partial charge in [-0.05, 0) is 61.0 Å². The molecule has 1 atom stereocenters. The Hall–Kier alpha value is -3.75. The van der Waals surface area contributed by atoms with E-state index in [0.717, 1.165) is 31.9 Å². The predicted octanol–water partition coefficient (Wildman–Crippen LogP) is 4.61. The molecule has 2 heterocycles. The number of ether oxygens (including phenoxy) is 1. The Morgan fingerprint density at radius 2 is 1.59 bits per heavy atom. The van der Waals surface area contributed by atoms with Crippen LogP contribution in [0.3, 0.4) is 0 Å². The number of piperazine rings is 1. The summed E-state index contributed by atoms with van der Waals surface area (Å²) in [5.41, 5.74) is 2.18. The Morgan fingerprint density at radius 3 is 2.27 bits per heavy atom. The van der Waals surface area contributed by atoms with E-state index in [4.69, 9.17) is 9.15 Å². The van der Waals surface area contributed by atoms with Crippen molar-refractivity contribution in [2.45, 2.75) is 13.0 Å². The van der Waals surface area contributed by atoms with Gasteiger partial charge in [0.25, 0.3) is 0 Å². The lowest BCUT2D eigenvalue weighted by Crippen LogP contribution is -2.49. The minimum atomic E-state index is -0.692. The van der Waals surface area contributed by atoms with Crippen LogP contribution in [0, 0.1) is 18.6 Å². The molecule has 1 aliphatic rings. The molecule has 0 saturated carbocycles. The third-order valence-corrected chi connectivity index (χ3v) is 6.65. The lowest BCUT2D eigenvalue weighted by molar-refractivity contribution is 0.0663. The summed E-state index contributed by atoms with van der Waals surface area (Å²) in [4.78, 5) is 17.5. The number of aryl methyl sites for hydroxylation is 1. The number of fused-ring (bicyclic) bond motifs is 1. The number of β-amino-alcohol motifs (C(OH)–C–C–N with tert-alkyl or cyclic N) is 1. The van der Waals surface area contributed by atoms with Crippen molar-refractivity contribution in [3.63, 3.8) is 0 Å². The molecule has 0 bridgehead atoms. The molecule has 1 unspecified atom stereocenters. The lowest BCUT2D eigenvalue weighted by Gasteiger charge is -2.36. The molecule has 0 spiro atoms. The molecule has 37 heavy (non-hydrogen) atoms. The summed E-state index contributed by atoms with van der Waals surface area (Å²) in [6, 6.07) is 17.2. The van der Waals surface area contributed by atoms with Crippen LogP contribution in [0.2, 0.25) is 0 Å². The highest BCUT2D eigenvalue weighted by Crippen LogP contribution is 2.27. The van der Waals surface area contributed by atoms with Gasteiger partial charge >= 0.3 is 0 Å². The Morgan fingerprint density at radius 1 is 0.946 bits per heavy atom. The van der Waals surface area contributed by atoms with Gasteiger partial charge in [-0.25, -0.2) is 8.78 Å². The quantitative estimate of drug-likeness (QED) is 0.395. The number of rotatable bonds is 7. The second-order valence-electron chi connectivity index (χ2n) is 9.26. The van der Waals surface area contributed by atoms with Crippen molar-refractivity contribution in [2.75, 3.05) is 44.2 Å². The van der Waals surface area contributed by atoms with Gasteiger partial charge in [0.05, 0.1) is 10.9 Å². The number of anilines is 1. The number of hydrogen-bond acceptors (Lipinski definition) is 6. The first-order valence-corrected chi connectivity index (χ1v) is 12.2. The molecule has 1 fully saturated rings. The zero-order valence-corrected chi connectivity index (χ0v) is 20.5. The summed E-state index contributed by atoms with van der Waals surface area (Å²) in [7, 11) is 0. The van der Waals surface area contributed by atoms with Crippen LogP contribution in [-0.4, -0.2) is 55.4 Å².